The van der Waals surface area contributed by atoms with Gasteiger partial charge < -0.3 is 9.15 Å². The molecule has 0 saturated heterocycles. The highest BCUT2D eigenvalue weighted by molar-refractivity contribution is 6.30. The van der Waals surface area contributed by atoms with Gasteiger partial charge in [-0.3, -0.25) is 4.79 Å². The molecule has 126 valence electrons. The number of amides is 1. The van der Waals surface area contributed by atoms with Gasteiger partial charge in [-0.25, -0.2) is 5.43 Å². The van der Waals surface area contributed by atoms with Gasteiger partial charge in [0.15, 0.2) is 0 Å². The van der Waals surface area contributed by atoms with E-state index in [0.717, 1.165) is 5.56 Å². The second-order valence-electron chi connectivity index (χ2n) is 5.13. The van der Waals surface area contributed by atoms with Crippen molar-refractivity contribution in [3.63, 3.8) is 0 Å². The molecule has 0 aliphatic rings. The van der Waals surface area contributed by atoms with Crippen LogP contribution >= 0.6 is 11.6 Å². The molecule has 3 rings (SSSR count). The van der Waals surface area contributed by atoms with Gasteiger partial charge in [0.25, 0.3) is 5.91 Å². The molecule has 0 aliphatic carbocycles. The van der Waals surface area contributed by atoms with Crippen molar-refractivity contribution in [2.24, 2.45) is 5.10 Å². The van der Waals surface area contributed by atoms with Gasteiger partial charge in [0.05, 0.1) is 18.0 Å². The summed E-state index contributed by atoms with van der Waals surface area (Å²) in [6, 6.07) is 17.8. The molecule has 0 saturated carbocycles. The lowest BCUT2D eigenvalue weighted by Crippen LogP contribution is -2.18. The fraction of sp³-hybridized carbons (Fsp3) is 0.0526. The van der Waals surface area contributed by atoms with Crippen LogP contribution in [0.4, 0.5) is 0 Å². The molecule has 0 bridgehead atoms. The van der Waals surface area contributed by atoms with Crippen LogP contribution in [0.25, 0.3) is 0 Å². The van der Waals surface area contributed by atoms with E-state index in [1.54, 1.807) is 48.5 Å². The average Bonchev–Trinajstić information content (AvgIpc) is 3.15. The largest absolute Gasteiger partial charge is 0.488 e. The van der Waals surface area contributed by atoms with E-state index in [9.17, 15) is 4.79 Å². The van der Waals surface area contributed by atoms with Crippen molar-refractivity contribution in [1.82, 2.24) is 5.43 Å². The van der Waals surface area contributed by atoms with Crippen LogP contribution in [0.3, 0.4) is 0 Å². The molecular weight excluding hydrogens is 340 g/mol. The number of para-hydroxylation sites is 1. The fourth-order valence-corrected chi connectivity index (χ4v) is 2.23. The summed E-state index contributed by atoms with van der Waals surface area (Å²) in [6.07, 6.45) is 2.96. The summed E-state index contributed by atoms with van der Waals surface area (Å²) in [6.45, 7) is 0.330. The van der Waals surface area contributed by atoms with Crippen molar-refractivity contribution in [1.29, 1.82) is 0 Å². The molecule has 5 nitrogen and oxygen atoms in total. The molecule has 0 aliphatic heterocycles. The minimum Gasteiger partial charge on any atom is -0.488 e. The first-order chi connectivity index (χ1) is 12.2. The summed E-state index contributed by atoms with van der Waals surface area (Å²) in [7, 11) is 0. The van der Waals surface area contributed by atoms with Crippen LogP contribution in [0.1, 0.15) is 21.7 Å². The molecule has 2 aromatic carbocycles. The molecule has 3 aromatic rings. The van der Waals surface area contributed by atoms with Gasteiger partial charge in [0.1, 0.15) is 18.1 Å². The fourth-order valence-electron chi connectivity index (χ4n) is 2.10. The molecule has 0 atom stereocenters. The van der Waals surface area contributed by atoms with Crippen LogP contribution in [0, 0.1) is 0 Å². The smallest absolute Gasteiger partial charge is 0.275 e. The number of furan rings is 1. The highest BCUT2D eigenvalue weighted by atomic mass is 35.5. The topological polar surface area (TPSA) is 63.8 Å². The van der Waals surface area contributed by atoms with Crippen molar-refractivity contribution in [2.75, 3.05) is 0 Å². The van der Waals surface area contributed by atoms with Crippen LogP contribution in [-0.2, 0) is 6.61 Å². The van der Waals surface area contributed by atoms with Gasteiger partial charge >= 0.3 is 0 Å². The van der Waals surface area contributed by atoms with E-state index in [2.05, 4.69) is 10.5 Å². The molecule has 25 heavy (non-hydrogen) atoms. The van der Waals surface area contributed by atoms with Gasteiger partial charge in [0.2, 0.25) is 0 Å². The first-order valence-electron chi connectivity index (χ1n) is 7.55. The Hall–Kier alpha value is -3.05. The van der Waals surface area contributed by atoms with Gasteiger partial charge in [-0.15, -0.1) is 0 Å². The van der Waals surface area contributed by atoms with Crippen LogP contribution in [0.2, 0.25) is 5.02 Å². The molecule has 1 amide bonds. The SMILES string of the molecule is O=C(NN=Cc1ccco1)c1ccccc1OCc1ccc(Cl)cc1. The van der Waals surface area contributed by atoms with Crippen LogP contribution in [0.15, 0.2) is 76.4 Å². The zero-order valence-corrected chi connectivity index (χ0v) is 13.9. The molecule has 0 spiro atoms. The highest BCUT2D eigenvalue weighted by Gasteiger charge is 2.11. The molecule has 1 N–H and O–H groups in total. The Kier molecular flexibility index (Phi) is 5.49. The summed E-state index contributed by atoms with van der Waals surface area (Å²) in [4.78, 5) is 12.3. The van der Waals surface area contributed by atoms with Crippen molar-refractivity contribution >= 4 is 23.7 Å². The number of hydrogen-bond donors (Lipinski definition) is 1. The normalized spacial score (nSPS) is 10.8. The number of nitrogens with zero attached hydrogens (tertiary/aromatic N) is 1. The van der Waals surface area contributed by atoms with Gasteiger partial charge in [-0.2, -0.15) is 5.10 Å². The van der Waals surface area contributed by atoms with E-state index in [0.29, 0.717) is 28.7 Å². The van der Waals surface area contributed by atoms with Crippen molar-refractivity contribution < 1.29 is 13.9 Å². The molecule has 0 fully saturated rings. The number of halogens is 1. The highest BCUT2D eigenvalue weighted by Crippen LogP contribution is 2.20. The first-order valence-corrected chi connectivity index (χ1v) is 7.93. The molecule has 0 unspecified atom stereocenters. The number of hydrogen-bond acceptors (Lipinski definition) is 4. The Bertz CT molecular complexity index is 859. The van der Waals surface area contributed by atoms with Crippen LogP contribution in [-0.4, -0.2) is 12.1 Å². The number of ether oxygens (including phenoxy) is 1. The van der Waals surface area contributed by atoms with Crippen molar-refractivity contribution in [2.45, 2.75) is 6.61 Å². The van der Waals surface area contributed by atoms with Gasteiger partial charge in [0, 0.05) is 5.02 Å². The van der Waals surface area contributed by atoms with E-state index in [1.807, 2.05) is 12.1 Å². The summed E-state index contributed by atoms with van der Waals surface area (Å²) >= 11 is 5.87. The van der Waals surface area contributed by atoms with Gasteiger partial charge in [-0.1, -0.05) is 35.9 Å². The average molecular weight is 355 g/mol. The van der Waals surface area contributed by atoms with E-state index in [-0.39, 0.29) is 5.91 Å². The van der Waals surface area contributed by atoms with E-state index in [4.69, 9.17) is 20.8 Å². The summed E-state index contributed by atoms with van der Waals surface area (Å²) < 4.78 is 10.9. The number of benzene rings is 2. The predicted octanol–water partition coefficient (Wildman–Crippen LogP) is 4.28. The second kappa shape index (κ2) is 8.17. The standard InChI is InChI=1S/C19H15ClN2O3/c20-15-9-7-14(8-10-15)13-25-18-6-2-1-5-17(18)19(23)22-21-12-16-4-3-11-24-16/h1-12H,13H2,(H,22,23). The summed E-state index contributed by atoms with van der Waals surface area (Å²) in [5, 5.41) is 4.54. The maximum Gasteiger partial charge on any atom is 0.275 e. The lowest BCUT2D eigenvalue weighted by molar-refractivity contribution is 0.0950. The Morgan fingerprint density at radius 2 is 1.92 bits per heavy atom. The minimum absolute atomic E-state index is 0.330. The third kappa shape index (κ3) is 4.71. The minimum atomic E-state index is -0.366. The number of carbonyl (C=O) groups is 1. The third-order valence-electron chi connectivity index (χ3n) is 3.34. The zero-order chi connectivity index (χ0) is 17.5. The molecule has 0 radical (unpaired) electrons. The van der Waals surface area contributed by atoms with Crippen LogP contribution in [0.5, 0.6) is 5.75 Å². The summed E-state index contributed by atoms with van der Waals surface area (Å²) in [5.41, 5.74) is 3.81. The molecule has 1 aromatic heterocycles. The Morgan fingerprint density at radius 1 is 1.12 bits per heavy atom. The number of rotatable bonds is 6. The van der Waals surface area contributed by atoms with E-state index >= 15 is 0 Å². The van der Waals surface area contributed by atoms with Crippen LogP contribution < -0.4 is 10.2 Å². The maximum atomic E-state index is 12.3. The van der Waals surface area contributed by atoms with Crippen molar-refractivity contribution in [3.05, 3.63) is 88.8 Å². The second-order valence-corrected chi connectivity index (χ2v) is 5.56. The van der Waals surface area contributed by atoms with Gasteiger partial charge in [-0.05, 0) is 42.0 Å². The number of hydrazone groups is 1. The lowest BCUT2D eigenvalue weighted by Gasteiger charge is -2.10. The van der Waals surface area contributed by atoms with E-state index in [1.165, 1.54) is 12.5 Å². The molecule has 1 heterocycles. The lowest BCUT2D eigenvalue weighted by atomic mass is 10.2. The third-order valence-corrected chi connectivity index (χ3v) is 3.59. The predicted molar refractivity (Wildman–Crippen MR) is 96.0 cm³/mol. The zero-order valence-electron chi connectivity index (χ0n) is 13.2. The first kappa shape index (κ1) is 16.8. The Labute approximate surface area is 149 Å². The monoisotopic (exact) mass is 354 g/mol. The molecular formula is C19H15ClN2O3. The quantitative estimate of drug-likeness (QED) is 0.531. The Morgan fingerprint density at radius 3 is 2.68 bits per heavy atom. The number of carbonyl (C=O) groups excluding carboxylic acids is 1. The molecule has 6 heteroatoms. The maximum absolute atomic E-state index is 12.3. The van der Waals surface area contributed by atoms with Crippen molar-refractivity contribution in [3.8, 4) is 5.75 Å². The van der Waals surface area contributed by atoms with E-state index < -0.39 is 0 Å². The Balaban J connectivity index is 1.65. The number of nitrogens with one attached hydrogen (secondary N) is 1. The summed E-state index contributed by atoms with van der Waals surface area (Å²) in [5.74, 6) is 0.658.